The molecule has 16 heteroatoms. The Bertz CT molecular complexity index is 2820. The summed E-state index contributed by atoms with van der Waals surface area (Å²) < 4.78 is 23.4. The topological polar surface area (TPSA) is 224 Å². The Morgan fingerprint density at radius 2 is 0.926 bits per heavy atom. The first kappa shape index (κ1) is 46.6. The quantitative estimate of drug-likeness (QED) is 0.0939. The number of hydrogen-bond donors (Lipinski definition) is 4. The number of cyclic esters (lactones) is 2. The van der Waals surface area contributed by atoms with Crippen LogP contribution in [0.4, 0.5) is 23.3 Å². The number of carbonyl (C=O) groups excluding carboxylic acids is 2. The van der Waals surface area contributed by atoms with Crippen molar-refractivity contribution in [2.45, 2.75) is 154 Å². The minimum atomic E-state index is -0.601. The minimum absolute atomic E-state index is 0.158. The minimum Gasteiger partial charge on any atom is -0.471 e. The number of nitrogens with zero attached hydrogens (tertiary/aromatic N) is 6. The van der Waals surface area contributed by atoms with Crippen molar-refractivity contribution in [1.82, 2.24) is 29.9 Å². The Morgan fingerprint density at radius 3 is 1.26 bits per heavy atom. The summed E-state index contributed by atoms with van der Waals surface area (Å²) in [5.41, 5.74) is 14.8. The number of carbonyl (C=O) groups is 2. The van der Waals surface area contributed by atoms with Gasteiger partial charge in [-0.1, -0.05) is 27.7 Å². The molecule has 0 amide bonds. The van der Waals surface area contributed by atoms with Crippen LogP contribution in [-0.2, 0) is 31.4 Å². The summed E-state index contributed by atoms with van der Waals surface area (Å²) in [5.74, 6) is 2.89. The van der Waals surface area contributed by atoms with Gasteiger partial charge in [0.25, 0.3) is 0 Å². The van der Waals surface area contributed by atoms with E-state index in [0.29, 0.717) is 57.5 Å². The van der Waals surface area contributed by atoms with E-state index in [2.05, 4.69) is 44.4 Å². The summed E-state index contributed by atoms with van der Waals surface area (Å²) in [4.78, 5) is 52.6. The van der Waals surface area contributed by atoms with Crippen LogP contribution in [0.2, 0.25) is 0 Å². The Balaban J connectivity index is 0.000000170. The van der Waals surface area contributed by atoms with Crippen molar-refractivity contribution in [1.29, 1.82) is 0 Å². The Kier molecular flexibility index (Phi) is 11.0. The first-order chi connectivity index (χ1) is 31.7. The van der Waals surface area contributed by atoms with Gasteiger partial charge in [0.05, 0.1) is 33.3 Å². The number of nitrogens with two attached hydrogens (primary N) is 2. The molecule has 6 aromatic rings. The lowest BCUT2D eigenvalue weighted by molar-refractivity contribution is 0.00790. The van der Waals surface area contributed by atoms with E-state index in [4.69, 9.17) is 40.4 Å². The number of pyridine rings is 6. The summed E-state index contributed by atoms with van der Waals surface area (Å²) in [5, 5.41) is 10.1. The van der Waals surface area contributed by atoms with E-state index in [0.717, 1.165) is 58.4 Å². The molecule has 2 fully saturated rings. The van der Waals surface area contributed by atoms with Gasteiger partial charge in [-0.2, -0.15) is 0 Å². The van der Waals surface area contributed by atoms with Crippen molar-refractivity contribution < 1.29 is 28.5 Å². The number of fused-ring (bicyclic) bond motifs is 4. The SMILES string of the molecule is C[C@@H]1OC(=O)c2ccc(Nc3cc4c(C(C)(C)N)cnc(OC5(C)CC5)c4cn3)nc2C1(C)C.C[C@H]1OC(=O)c2ccc(Nc3cc4c(C(C)(C)N)cnc(OC5(C)CC5)c4cn3)nc2C1(C)C. The zero-order chi connectivity index (χ0) is 48.9. The largest absolute Gasteiger partial charge is 0.471 e. The first-order valence-corrected chi connectivity index (χ1v) is 23.3. The van der Waals surface area contributed by atoms with E-state index in [1.165, 1.54) is 0 Å². The van der Waals surface area contributed by atoms with Crippen molar-refractivity contribution in [2.75, 3.05) is 10.6 Å². The molecular weight excluding hydrogens is 861 g/mol. The molecule has 0 bridgehead atoms. The molecule has 4 aliphatic rings. The molecule has 2 saturated carbocycles. The van der Waals surface area contributed by atoms with E-state index >= 15 is 0 Å². The molecule has 356 valence electrons. The zero-order valence-electron chi connectivity index (χ0n) is 41.0. The van der Waals surface area contributed by atoms with Crippen LogP contribution in [0.1, 0.15) is 152 Å². The second kappa shape index (κ2) is 16.0. The lowest BCUT2D eigenvalue weighted by Crippen LogP contribution is -2.42. The van der Waals surface area contributed by atoms with Crippen LogP contribution >= 0.6 is 0 Å². The van der Waals surface area contributed by atoms with Gasteiger partial charge >= 0.3 is 11.9 Å². The zero-order valence-corrected chi connectivity index (χ0v) is 41.0. The highest BCUT2D eigenvalue weighted by Crippen LogP contribution is 2.44. The molecule has 0 spiro atoms. The van der Waals surface area contributed by atoms with Crippen LogP contribution in [0.25, 0.3) is 21.5 Å². The summed E-state index contributed by atoms with van der Waals surface area (Å²) in [6, 6.07) is 10.9. The molecule has 0 unspecified atom stereocenters. The van der Waals surface area contributed by atoms with Gasteiger partial charge in [-0.3, -0.25) is 0 Å². The predicted octanol–water partition coefficient (Wildman–Crippen LogP) is 9.46. The fraction of sp³-hybridized carbons (Fsp3) is 0.462. The Labute approximate surface area is 396 Å². The standard InChI is InChI=1S/2C26H31N5O3/c2*1-14-24(2,3)21-15(23(32)33-14)7-8-19(31-21)30-20-11-16-17(12-28-20)22(34-26(6)9-10-26)29-13-18(16)25(4,5)27/h2*7-8,11-14H,9-10,27H2,1-6H3,(H,28,30,31)/t2*14-/m10/s1. The third-order valence-electron chi connectivity index (χ3n) is 14.0. The van der Waals surface area contributed by atoms with Crippen LogP contribution in [0.5, 0.6) is 11.8 Å². The summed E-state index contributed by atoms with van der Waals surface area (Å²) in [6.07, 6.45) is 10.6. The second-order valence-corrected chi connectivity index (χ2v) is 21.7. The maximum absolute atomic E-state index is 12.3. The van der Waals surface area contributed by atoms with E-state index in [-0.39, 0.29) is 35.3 Å². The summed E-state index contributed by atoms with van der Waals surface area (Å²) in [6.45, 7) is 23.9. The smallest absolute Gasteiger partial charge is 0.340 e. The fourth-order valence-corrected chi connectivity index (χ4v) is 8.33. The van der Waals surface area contributed by atoms with Crippen molar-refractivity contribution in [2.24, 2.45) is 11.5 Å². The average Bonchev–Trinajstić information content (AvgIpc) is 4.19. The van der Waals surface area contributed by atoms with Gasteiger partial charge in [-0.05, 0) is 139 Å². The maximum Gasteiger partial charge on any atom is 0.340 e. The average molecular weight is 923 g/mol. The molecule has 2 aliphatic carbocycles. The van der Waals surface area contributed by atoms with Gasteiger partial charge in [0.15, 0.2) is 0 Å². The monoisotopic (exact) mass is 922 g/mol. The van der Waals surface area contributed by atoms with Gasteiger partial charge in [0.2, 0.25) is 11.8 Å². The summed E-state index contributed by atoms with van der Waals surface area (Å²) in [7, 11) is 0. The van der Waals surface area contributed by atoms with Crippen LogP contribution < -0.4 is 31.6 Å². The molecule has 6 aromatic heterocycles. The third-order valence-corrected chi connectivity index (χ3v) is 14.0. The molecule has 2 aliphatic heterocycles. The van der Waals surface area contributed by atoms with Crippen LogP contribution in [0, 0.1) is 0 Å². The number of esters is 2. The molecule has 0 saturated heterocycles. The molecule has 0 radical (unpaired) electrons. The molecule has 2 atom stereocenters. The van der Waals surface area contributed by atoms with Crippen molar-refractivity contribution in [3.05, 3.63) is 94.8 Å². The van der Waals surface area contributed by atoms with Gasteiger partial charge in [-0.25, -0.2) is 39.5 Å². The van der Waals surface area contributed by atoms with E-state index in [1.807, 2.05) is 81.4 Å². The highest BCUT2D eigenvalue weighted by molar-refractivity contribution is 5.95. The van der Waals surface area contributed by atoms with Gasteiger partial charge in [-0.15, -0.1) is 0 Å². The normalized spacial score (nSPS) is 20.4. The summed E-state index contributed by atoms with van der Waals surface area (Å²) >= 11 is 0. The first-order valence-electron chi connectivity index (χ1n) is 23.3. The lowest BCUT2D eigenvalue weighted by Gasteiger charge is -2.36. The number of ether oxygens (including phenoxy) is 4. The molecular formula is C52H62N10O6. The Morgan fingerprint density at radius 1 is 0.559 bits per heavy atom. The molecule has 16 nitrogen and oxygen atoms in total. The van der Waals surface area contributed by atoms with E-state index in [1.54, 1.807) is 49.1 Å². The molecule has 6 N–H and O–H groups in total. The molecule has 8 heterocycles. The fourth-order valence-electron chi connectivity index (χ4n) is 8.33. The molecule has 0 aromatic carbocycles. The highest BCUT2D eigenvalue weighted by Gasteiger charge is 2.44. The number of aromatic nitrogens is 6. The van der Waals surface area contributed by atoms with E-state index in [9.17, 15) is 9.59 Å². The lowest BCUT2D eigenvalue weighted by atomic mass is 9.79. The van der Waals surface area contributed by atoms with Gasteiger partial charge in [0.1, 0.15) is 46.7 Å². The van der Waals surface area contributed by atoms with Crippen molar-refractivity contribution in [3.8, 4) is 11.8 Å². The highest BCUT2D eigenvalue weighted by atomic mass is 16.6. The second-order valence-electron chi connectivity index (χ2n) is 21.7. The molecule has 68 heavy (non-hydrogen) atoms. The van der Waals surface area contributed by atoms with Crippen LogP contribution in [0.15, 0.2) is 61.2 Å². The van der Waals surface area contributed by atoms with Crippen LogP contribution in [0.3, 0.4) is 0 Å². The van der Waals surface area contributed by atoms with Crippen molar-refractivity contribution in [3.63, 3.8) is 0 Å². The third kappa shape index (κ3) is 8.86. The predicted molar refractivity (Wildman–Crippen MR) is 261 cm³/mol. The van der Waals surface area contributed by atoms with Gasteiger partial charge in [0, 0.05) is 46.7 Å². The number of hydrogen-bond acceptors (Lipinski definition) is 16. The van der Waals surface area contributed by atoms with Crippen molar-refractivity contribution >= 4 is 56.8 Å². The molecule has 10 rings (SSSR count). The van der Waals surface area contributed by atoms with Gasteiger partial charge < -0.3 is 41.0 Å². The number of nitrogens with one attached hydrogen (secondary N) is 2. The maximum atomic E-state index is 12.3. The van der Waals surface area contributed by atoms with Crippen LogP contribution in [-0.4, -0.2) is 65.3 Å². The number of anilines is 4. The van der Waals surface area contributed by atoms with E-state index < -0.39 is 21.9 Å². The number of rotatable bonds is 10. The Hall–Kier alpha value is -6.52.